The molecule has 9 nitrogen and oxygen atoms in total. The van der Waals surface area contributed by atoms with Crippen LogP contribution in [0.5, 0.6) is 11.5 Å². The molecule has 142 valence electrons. The second kappa shape index (κ2) is 10.2. The number of ether oxygens (including phenoxy) is 2. The summed E-state index contributed by atoms with van der Waals surface area (Å²) in [6, 6.07) is 5.26. The van der Waals surface area contributed by atoms with Crippen molar-refractivity contribution in [1.82, 2.24) is 5.32 Å². The third kappa shape index (κ3) is 5.83. The van der Waals surface area contributed by atoms with E-state index in [-0.39, 0.29) is 6.54 Å². The van der Waals surface area contributed by atoms with E-state index in [1.807, 2.05) is 0 Å². The summed E-state index contributed by atoms with van der Waals surface area (Å²) in [6.45, 7) is -0.650. The molecule has 0 bridgehead atoms. The van der Waals surface area contributed by atoms with E-state index in [0.717, 1.165) is 5.56 Å². The molecule has 1 rings (SSSR count). The molecule has 0 aliphatic rings. The number of hydrogen-bond donors (Lipinski definition) is 6. The second-order valence-corrected chi connectivity index (χ2v) is 5.41. The van der Waals surface area contributed by atoms with Gasteiger partial charge in [-0.1, -0.05) is 6.07 Å². The highest BCUT2D eigenvalue weighted by Gasteiger charge is 2.33. The van der Waals surface area contributed by atoms with Crippen LogP contribution in [0.4, 0.5) is 0 Å². The van der Waals surface area contributed by atoms with E-state index in [4.69, 9.17) is 14.6 Å². The monoisotopic (exact) mass is 359 g/mol. The Kier molecular flexibility index (Phi) is 8.59. The number of aliphatic hydroxyl groups excluding tert-OH is 5. The quantitative estimate of drug-likeness (QED) is 0.276. The van der Waals surface area contributed by atoms with Crippen molar-refractivity contribution in [3.8, 4) is 11.5 Å². The maximum atomic E-state index is 11.8. The zero-order valence-electron chi connectivity index (χ0n) is 14.1. The van der Waals surface area contributed by atoms with Crippen LogP contribution in [0.15, 0.2) is 18.2 Å². The molecule has 9 heteroatoms. The first-order valence-electron chi connectivity index (χ1n) is 7.67. The fourth-order valence-corrected chi connectivity index (χ4v) is 2.15. The molecule has 25 heavy (non-hydrogen) atoms. The van der Waals surface area contributed by atoms with Crippen molar-refractivity contribution < 1.29 is 39.8 Å². The number of amides is 1. The van der Waals surface area contributed by atoms with Crippen molar-refractivity contribution >= 4 is 5.91 Å². The number of methoxy groups -OCH3 is 2. The van der Waals surface area contributed by atoms with E-state index < -0.39 is 36.9 Å². The van der Waals surface area contributed by atoms with Gasteiger partial charge in [0.05, 0.1) is 20.8 Å². The summed E-state index contributed by atoms with van der Waals surface area (Å²) >= 11 is 0. The first kappa shape index (κ1) is 21.1. The number of benzene rings is 1. The Morgan fingerprint density at radius 2 is 1.72 bits per heavy atom. The number of carbonyl (C=O) groups excluding carboxylic acids is 1. The molecule has 0 spiro atoms. The number of hydrogen-bond acceptors (Lipinski definition) is 8. The fourth-order valence-electron chi connectivity index (χ4n) is 2.15. The van der Waals surface area contributed by atoms with Crippen LogP contribution >= 0.6 is 0 Å². The Morgan fingerprint density at radius 1 is 1.08 bits per heavy atom. The van der Waals surface area contributed by atoms with Crippen LogP contribution in [0, 0.1) is 0 Å². The lowest BCUT2D eigenvalue weighted by atomic mass is 10.0. The van der Waals surface area contributed by atoms with Crippen LogP contribution in [-0.4, -0.2) is 83.2 Å². The highest BCUT2D eigenvalue weighted by atomic mass is 16.5. The fraction of sp³-hybridized carbons (Fsp3) is 0.562. The Labute approximate surface area is 145 Å². The minimum atomic E-state index is -1.94. The molecule has 0 fully saturated rings. The maximum absolute atomic E-state index is 11.8. The van der Waals surface area contributed by atoms with Gasteiger partial charge in [-0.2, -0.15) is 0 Å². The molecule has 0 saturated carbocycles. The lowest BCUT2D eigenvalue weighted by molar-refractivity contribution is -0.148. The van der Waals surface area contributed by atoms with Gasteiger partial charge in [-0.25, -0.2) is 0 Å². The van der Waals surface area contributed by atoms with E-state index in [2.05, 4.69) is 5.32 Å². The molecule has 1 aromatic rings. The van der Waals surface area contributed by atoms with Gasteiger partial charge in [0.25, 0.3) is 5.91 Å². The second-order valence-electron chi connectivity index (χ2n) is 5.41. The van der Waals surface area contributed by atoms with Gasteiger partial charge >= 0.3 is 0 Å². The molecule has 0 aromatic heterocycles. The van der Waals surface area contributed by atoms with E-state index in [9.17, 15) is 25.2 Å². The van der Waals surface area contributed by atoms with E-state index in [1.165, 1.54) is 14.2 Å². The molecule has 1 amide bonds. The van der Waals surface area contributed by atoms with Crippen LogP contribution < -0.4 is 14.8 Å². The highest BCUT2D eigenvalue weighted by molar-refractivity contribution is 5.81. The van der Waals surface area contributed by atoms with Crippen molar-refractivity contribution in [3.05, 3.63) is 23.8 Å². The topological polar surface area (TPSA) is 149 Å². The Bertz CT molecular complexity index is 553. The lowest BCUT2D eigenvalue weighted by Gasteiger charge is -2.24. The van der Waals surface area contributed by atoms with Crippen LogP contribution in [-0.2, 0) is 11.2 Å². The standard InChI is InChI=1S/C16H25NO8/c1-24-11-4-3-9(7-12(11)25-2)5-6-17-16(23)15(22)14(21)13(20)10(19)8-18/h3-4,7,10,13-15,18-22H,5-6,8H2,1-2H3,(H,17,23)/t10-,13+,14-,15-/m0/s1. The SMILES string of the molecule is COc1ccc(CCNC(=O)[C@@H](O)[C@@H](O)[C@H](O)[C@@H](O)CO)cc1OC. The summed E-state index contributed by atoms with van der Waals surface area (Å²) in [5.41, 5.74) is 0.851. The molecule has 0 radical (unpaired) electrons. The van der Waals surface area contributed by atoms with E-state index >= 15 is 0 Å². The van der Waals surface area contributed by atoms with Gasteiger partial charge in [0, 0.05) is 6.54 Å². The zero-order chi connectivity index (χ0) is 19.0. The Morgan fingerprint density at radius 3 is 2.28 bits per heavy atom. The summed E-state index contributed by atoms with van der Waals surface area (Å²) in [5, 5.41) is 49.2. The minimum absolute atomic E-state index is 0.163. The zero-order valence-corrected chi connectivity index (χ0v) is 14.1. The Balaban J connectivity index is 2.54. The van der Waals surface area contributed by atoms with Crippen molar-refractivity contribution in [3.63, 3.8) is 0 Å². The van der Waals surface area contributed by atoms with Gasteiger partial charge in [-0.15, -0.1) is 0 Å². The minimum Gasteiger partial charge on any atom is -0.493 e. The molecule has 1 aromatic carbocycles. The van der Waals surface area contributed by atoms with E-state index in [1.54, 1.807) is 18.2 Å². The normalized spacial score (nSPS) is 15.8. The number of nitrogens with one attached hydrogen (secondary N) is 1. The van der Waals surface area contributed by atoms with Gasteiger partial charge in [0.2, 0.25) is 0 Å². The molecule has 4 atom stereocenters. The number of rotatable bonds is 10. The van der Waals surface area contributed by atoms with Crippen LogP contribution in [0.25, 0.3) is 0 Å². The third-order valence-electron chi connectivity index (χ3n) is 3.68. The highest BCUT2D eigenvalue weighted by Crippen LogP contribution is 2.27. The number of carbonyl (C=O) groups is 1. The predicted molar refractivity (Wildman–Crippen MR) is 87.4 cm³/mol. The van der Waals surface area contributed by atoms with Gasteiger partial charge < -0.3 is 40.3 Å². The summed E-state index contributed by atoms with van der Waals surface area (Å²) in [6.07, 6.45) is -6.96. The Hall–Kier alpha value is -1.91. The van der Waals surface area contributed by atoms with Gasteiger partial charge in [-0.05, 0) is 24.1 Å². The van der Waals surface area contributed by atoms with Gasteiger partial charge in [0.1, 0.15) is 18.3 Å². The van der Waals surface area contributed by atoms with Crippen molar-refractivity contribution in [2.45, 2.75) is 30.8 Å². The number of aliphatic hydroxyl groups is 5. The smallest absolute Gasteiger partial charge is 0.251 e. The molecular weight excluding hydrogens is 334 g/mol. The first-order chi connectivity index (χ1) is 11.8. The van der Waals surface area contributed by atoms with Crippen LogP contribution in [0.3, 0.4) is 0 Å². The van der Waals surface area contributed by atoms with Crippen LogP contribution in [0.2, 0.25) is 0 Å². The molecule has 0 aliphatic carbocycles. The van der Waals surface area contributed by atoms with Crippen LogP contribution in [0.1, 0.15) is 5.56 Å². The summed E-state index contributed by atoms with van der Waals surface area (Å²) in [4.78, 5) is 11.8. The largest absolute Gasteiger partial charge is 0.493 e. The maximum Gasteiger partial charge on any atom is 0.251 e. The van der Waals surface area contributed by atoms with E-state index in [0.29, 0.717) is 17.9 Å². The average Bonchev–Trinajstić information content (AvgIpc) is 2.64. The van der Waals surface area contributed by atoms with Gasteiger partial charge in [0.15, 0.2) is 17.6 Å². The lowest BCUT2D eigenvalue weighted by Crippen LogP contribution is -2.51. The summed E-state index contributed by atoms with van der Waals surface area (Å²) < 4.78 is 10.3. The molecule has 6 N–H and O–H groups in total. The van der Waals surface area contributed by atoms with Crippen molar-refractivity contribution in [1.29, 1.82) is 0 Å². The third-order valence-corrected chi connectivity index (χ3v) is 3.68. The average molecular weight is 359 g/mol. The van der Waals surface area contributed by atoms with Gasteiger partial charge in [-0.3, -0.25) is 4.79 Å². The van der Waals surface area contributed by atoms with Crippen molar-refractivity contribution in [2.75, 3.05) is 27.4 Å². The molecule has 0 heterocycles. The molecule has 0 aliphatic heterocycles. The molecule has 0 unspecified atom stereocenters. The predicted octanol–water partition coefficient (Wildman–Crippen LogP) is -2.20. The first-order valence-corrected chi connectivity index (χ1v) is 7.67. The van der Waals surface area contributed by atoms with Crippen molar-refractivity contribution in [2.24, 2.45) is 0 Å². The molecular formula is C16H25NO8. The summed E-state index contributed by atoms with van der Waals surface area (Å²) in [7, 11) is 3.03. The summed E-state index contributed by atoms with van der Waals surface area (Å²) in [5.74, 6) is 0.213. The molecule has 0 saturated heterocycles.